The van der Waals surface area contributed by atoms with Crippen LogP contribution in [-0.4, -0.2) is 16.2 Å². The highest BCUT2D eigenvalue weighted by Gasteiger charge is 2.21. The van der Waals surface area contributed by atoms with Crippen molar-refractivity contribution in [2.45, 2.75) is 6.42 Å². The Morgan fingerprint density at radius 3 is 2.32 bits per heavy atom. The fourth-order valence-electron chi connectivity index (χ4n) is 3.39. The Bertz CT molecular complexity index is 1200. The average Bonchev–Trinajstić information content (AvgIpc) is 3.19. The molecule has 4 rings (SSSR count). The van der Waals surface area contributed by atoms with Crippen molar-refractivity contribution in [3.63, 3.8) is 0 Å². The number of fused-ring (bicyclic) bond motifs is 1. The monoisotopic (exact) mass is 376 g/mol. The third-order valence-corrected chi connectivity index (χ3v) is 4.92. The molecule has 142 valence electrons. The molecule has 2 heterocycles. The molecule has 0 atom stereocenters. The molecule has 0 amide bonds. The van der Waals surface area contributed by atoms with E-state index in [0.29, 0.717) is 23.5 Å². The summed E-state index contributed by atoms with van der Waals surface area (Å²) in [7, 11) is 4.99. The van der Waals surface area contributed by atoms with Crippen LogP contribution in [0.15, 0.2) is 58.4 Å². The van der Waals surface area contributed by atoms with Gasteiger partial charge >= 0.3 is 0 Å². The Balaban J connectivity index is 1.90. The SMILES string of the molecule is COc1ccc(Oc2c(-c3cn(C)c(=O)c4c3C=CC4)ccn(C)c2=O)cc1. The van der Waals surface area contributed by atoms with Crippen LogP contribution in [0.2, 0.25) is 0 Å². The minimum atomic E-state index is -0.252. The van der Waals surface area contributed by atoms with Gasteiger partial charge < -0.3 is 18.6 Å². The molecule has 6 nitrogen and oxygen atoms in total. The summed E-state index contributed by atoms with van der Waals surface area (Å²) in [6, 6.07) is 8.89. The van der Waals surface area contributed by atoms with Crippen molar-refractivity contribution >= 4 is 6.08 Å². The number of allylic oxidation sites excluding steroid dienone is 1. The Labute approximate surface area is 161 Å². The normalized spacial score (nSPS) is 12.1. The number of methoxy groups -OCH3 is 1. The van der Waals surface area contributed by atoms with Gasteiger partial charge in [0.1, 0.15) is 11.5 Å². The Morgan fingerprint density at radius 2 is 1.61 bits per heavy atom. The van der Waals surface area contributed by atoms with Gasteiger partial charge in [0.25, 0.3) is 11.1 Å². The molecular weight excluding hydrogens is 356 g/mol. The zero-order valence-electron chi connectivity index (χ0n) is 15.9. The van der Waals surface area contributed by atoms with Crippen LogP contribution in [0.3, 0.4) is 0 Å². The first-order chi connectivity index (χ1) is 13.5. The molecule has 1 aliphatic carbocycles. The maximum absolute atomic E-state index is 12.9. The third kappa shape index (κ3) is 2.93. The molecule has 0 bridgehead atoms. The van der Waals surface area contributed by atoms with E-state index in [2.05, 4.69) is 0 Å². The molecule has 0 aliphatic heterocycles. The van der Waals surface area contributed by atoms with Gasteiger partial charge in [-0.1, -0.05) is 12.2 Å². The van der Waals surface area contributed by atoms with Crippen LogP contribution in [0.4, 0.5) is 0 Å². The lowest BCUT2D eigenvalue weighted by Crippen LogP contribution is -2.22. The van der Waals surface area contributed by atoms with E-state index in [-0.39, 0.29) is 16.9 Å². The second-order valence-electron chi connectivity index (χ2n) is 6.71. The van der Waals surface area contributed by atoms with Crippen molar-refractivity contribution in [1.29, 1.82) is 0 Å². The largest absolute Gasteiger partial charge is 0.497 e. The molecule has 0 saturated heterocycles. The van der Waals surface area contributed by atoms with Crippen LogP contribution in [0.5, 0.6) is 17.2 Å². The first kappa shape index (κ1) is 17.9. The van der Waals surface area contributed by atoms with Gasteiger partial charge in [-0.15, -0.1) is 0 Å². The summed E-state index contributed by atoms with van der Waals surface area (Å²) in [5, 5.41) is 0. The predicted octanol–water partition coefficient (Wildman–Crippen LogP) is 3.12. The van der Waals surface area contributed by atoms with Crippen molar-refractivity contribution < 1.29 is 9.47 Å². The fourth-order valence-corrected chi connectivity index (χ4v) is 3.39. The summed E-state index contributed by atoms with van der Waals surface area (Å²) < 4.78 is 14.2. The van der Waals surface area contributed by atoms with Crippen LogP contribution in [0.1, 0.15) is 11.1 Å². The van der Waals surface area contributed by atoms with Gasteiger partial charge in [-0.3, -0.25) is 9.59 Å². The second kappa shape index (κ2) is 6.88. The van der Waals surface area contributed by atoms with Crippen molar-refractivity contribution in [2.75, 3.05) is 7.11 Å². The molecule has 2 aromatic heterocycles. The lowest BCUT2D eigenvalue weighted by Gasteiger charge is -2.15. The summed E-state index contributed by atoms with van der Waals surface area (Å²) in [6.45, 7) is 0. The molecule has 0 N–H and O–H groups in total. The summed E-state index contributed by atoms with van der Waals surface area (Å²) in [6.07, 6.45) is 7.94. The second-order valence-corrected chi connectivity index (χ2v) is 6.71. The molecule has 1 aromatic carbocycles. The third-order valence-electron chi connectivity index (χ3n) is 4.92. The van der Waals surface area contributed by atoms with Crippen LogP contribution in [0.25, 0.3) is 17.2 Å². The number of hydrogen-bond donors (Lipinski definition) is 0. The van der Waals surface area contributed by atoms with Crippen LogP contribution >= 0.6 is 0 Å². The summed E-state index contributed by atoms with van der Waals surface area (Å²) in [5.74, 6) is 1.45. The number of aromatic nitrogens is 2. The number of hydrogen-bond acceptors (Lipinski definition) is 4. The predicted molar refractivity (Wildman–Crippen MR) is 108 cm³/mol. The first-order valence-electron chi connectivity index (χ1n) is 8.90. The molecule has 0 spiro atoms. The molecule has 0 unspecified atom stereocenters. The number of aryl methyl sites for hydroxylation is 2. The van der Waals surface area contributed by atoms with Gasteiger partial charge in [-0.25, -0.2) is 0 Å². The maximum Gasteiger partial charge on any atom is 0.293 e. The van der Waals surface area contributed by atoms with Crippen LogP contribution in [0, 0.1) is 0 Å². The number of pyridine rings is 2. The molecule has 0 saturated carbocycles. The van der Waals surface area contributed by atoms with E-state index >= 15 is 0 Å². The van der Waals surface area contributed by atoms with Crippen molar-refractivity contribution in [2.24, 2.45) is 14.1 Å². The lowest BCUT2D eigenvalue weighted by atomic mass is 9.99. The van der Waals surface area contributed by atoms with E-state index in [1.54, 1.807) is 62.4 Å². The lowest BCUT2D eigenvalue weighted by molar-refractivity contribution is 0.412. The minimum absolute atomic E-state index is 0.0230. The summed E-state index contributed by atoms with van der Waals surface area (Å²) in [5.41, 5.74) is 2.75. The van der Waals surface area contributed by atoms with E-state index in [1.807, 2.05) is 18.2 Å². The number of nitrogens with zero attached hydrogens (tertiary/aromatic N) is 2. The van der Waals surface area contributed by atoms with Gasteiger partial charge in [0.15, 0.2) is 5.75 Å². The van der Waals surface area contributed by atoms with Crippen LogP contribution in [-0.2, 0) is 20.5 Å². The number of benzene rings is 1. The van der Waals surface area contributed by atoms with Gasteiger partial charge in [0, 0.05) is 43.2 Å². The standard InChI is InChI=1S/C22H20N2O4/c1-23-12-11-17(19-13-24(2)21(25)18-6-4-5-16(18)19)20(22(23)26)28-15-9-7-14(27-3)8-10-15/h4-5,7-13H,6H2,1-3H3. The fraction of sp³-hybridized carbons (Fsp3) is 0.182. The topological polar surface area (TPSA) is 62.5 Å². The van der Waals surface area contributed by atoms with Crippen molar-refractivity contribution in [3.05, 3.63) is 80.6 Å². The smallest absolute Gasteiger partial charge is 0.293 e. The number of ether oxygens (including phenoxy) is 2. The van der Waals surface area contributed by atoms with E-state index in [4.69, 9.17) is 9.47 Å². The molecular formula is C22H20N2O4. The van der Waals surface area contributed by atoms with Crippen molar-refractivity contribution in [1.82, 2.24) is 9.13 Å². The van der Waals surface area contributed by atoms with E-state index in [9.17, 15) is 9.59 Å². The van der Waals surface area contributed by atoms with Gasteiger partial charge in [0.2, 0.25) is 0 Å². The summed E-state index contributed by atoms with van der Waals surface area (Å²) >= 11 is 0. The molecule has 28 heavy (non-hydrogen) atoms. The molecule has 6 heteroatoms. The van der Waals surface area contributed by atoms with Crippen molar-refractivity contribution in [3.8, 4) is 28.4 Å². The molecule has 0 radical (unpaired) electrons. The Morgan fingerprint density at radius 1 is 0.893 bits per heavy atom. The minimum Gasteiger partial charge on any atom is -0.497 e. The first-order valence-corrected chi connectivity index (χ1v) is 8.90. The van der Waals surface area contributed by atoms with Gasteiger partial charge in [0.05, 0.1) is 7.11 Å². The highest BCUT2D eigenvalue weighted by molar-refractivity contribution is 5.81. The quantitative estimate of drug-likeness (QED) is 0.702. The maximum atomic E-state index is 12.9. The highest BCUT2D eigenvalue weighted by atomic mass is 16.5. The Kier molecular flexibility index (Phi) is 4.39. The zero-order valence-corrected chi connectivity index (χ0v) is 15.9. The molecule has 3 aromatic rings. The summed E-state index contributed by atoms with van der Waals surface area (Å²) in [4.78, 5) is 25.3. The van der Waals surface area contributed by atoms with Gasteiger partial charge in [-0.2, -0.15) is 0 Å². The van der Waals surface area contributed by atoms with E-state index in [1.165, 1.54) is 4.57 Å². The zero-order chi connectivity index (χ0) is 19.8. The van der Waals surface area contributed by atoms with Crippen LogP contribution < -0.4 is 20.6 Å². The molecule has 0 fully saturated rings. The molecule has 1 aliphatic rings. The average molecular weight is 376 g/mol. The van der Waals surface area contributed by atoms with Gasteiger partial charge in [-0.05, 0) is 42.3 Å². The van der Waals surface area contributed by atoms with E-state index < -0.39 is 0 Å². The van der Waals surface area contributed by atoms with E-state index in [0.717, 1.165) is 16.7 Å². The highest BCUT2D eigenvalue weighted by Crippen LogP contribution is 2.35. The Hall–Kier alpha value is -3.54. The number of rotatable bonds is 4.